The normalized spacial score (nSPS) is 11.2. The molecule has 0 aliphatic rings. The molecule has 3 aromatic rings. The van der Waals surface area contributed by atoms with E-state index >= 15 is 0 Å². The Kier molecular flexibility index (Phi) is 4.33. The molecule has 0 N–H and O–H groups in total. The Labute approximate surface area is 144 Å². The third-order valence-electron chi connectivity index (χ3n) is 3.10. The quantitative estimate of drug-likeness (QED) is 0.389. The minimum Gasteiger partial charge on any atom is -0.295 e. The maximum Gasteiger partial charge on any atom is 0.115 e. The predicted octanol–water partition coefficient (Wildman–Crippen LogP) is 5.17. The third kappa shape index (κ3) is 2.61. The number of benzene rings is 2. The summed E-state index contributed by atoms with van der Waals surface area (Å²) in [7, 11) is 0. The number of aryl methyl sites for hydroxylation is 1. The van der Waals surface area contributed by atoms with Crippen molar-refractivity contribution in [1.29, 1.82) is 0 Å². The standard InChI is InChI=1S/C15H11BrClIN2/c16-10-5-6-14-12(9-10)19-15(7-8-17)20(14)13-4-2-1-3-11(13)18/h1-6,9H,7-8H2. The molecule has 0 fully saturated rings. The molecule has 0 atom stereocenters. The highest BCUT2D eigenvalue weighted by Gasteiger charge is 2.14. The largest absolute Gasteiger partial charge is 0.295 e. The molecule has 1 aromatic heterocycles. The Morgan fingerprint density at radius 3 is 2.75 bits per heavy atom. The van der Waals surface area contributed by atoms with Gasteiger partial charge in [-0.1, -0.05) is 28.1 Å². The molecule has 0 saturated carbocycles. The van der Waals surface area contributed by atoms with Gasteiger partial charge in [0.25, 0.3) is 0 Å². The number of rotatable bonds is 3. The maximum absolute atomic E-state index is 5.93. The Morgan fingerprint density at radius 2 is 2.00 bits per heavy atom. The first kappa shape index (κ1) is 14.4. The summed E-state index contributed by atoms with van der Waals surface area (Å²) in [6.07, 6.45) is 0.749. The lowest BCUT2D eigenvalue weighted by Gasteiger charge is -2.10. The molecule has 2 aromatic carbocycles. The second-order valence-corrected chi connectivity index (χ2v) is 6.84. The van der Waals surface area contributed by atoms with E-state index in [1.54, 1.807) is 0 Å². The van der Waals surface area contributed by atoms with Gasteiger partial charge in [0, 0.05) is 20.3 Å². The summed E-state index contributed by atoms with van der Waals surface area (Å²) in [5.41, 5.74) is 3.25. The van der Waals surface area contributed by atoms with E-state index in [1.807, 2.05) is 24.3 Å². The van der Waals surface area contributed by atoms with Crippen molar-refractivity contribution in [1.82, 2.24) is 9.55 Å². The number of halogens is 3. The Bertz CT molecular complexity index is 770. The van der Waals surface area contributed by atoms with Gasteiger partial charge in [-0.25, -0.2) is 4.98 Å². The van der Waals surface area contributed by atoms with Crippen molar-refractivity contribution in [2.24, 2.45) is 0 Å². The molecule has 0 unspecified atom stereocenters. The first-order chi connectivity index (χ1) is 9.70. The molecule has 0 aliphatic carbocycles. The van der Waals surface area contributed by atoms with E-state index in [-0.39, 0.29) is 0 Å². The lowest BCUT2D eigenvalue weighted by atomic mass is 10.2. The minimum absolute atomic E-state index is 0.563. The van der Waals surface area contributed by atoms with Crippen LogP contribution >= 0.6 is 50.1 Å². The molecule has 102 valence electrons. The van der Waals surface area contributed by atoms with Crippen LogP contribution in [0.1, 0.15) is 5.82 Å². The highest BCUT2D eigenvalue weighted by atomic mass is 127. The zero-order valence-corrected chi connectivity index (χ0v) is 15.0. The van der Waals surface area contributed by atoms with Crippen LogP contribution in [0.15, 0.2) is 46.9 Å². The van der Waals surface area contributed by atoms with Crippen molar-refractivity contribution in [2.45, 2.75) is 6.42 Å². The molecule has 0 saturated heterocycles. The number of alkyl halides is 1. The molecule has 5 heteroatoms. The molecule has 0 spiro atoms. The van der Waals surface area contributed by atoms with E-state index in [0.29, 0.717) is 5.88 Å². The highest BCUT2D eigenvalue weighted by Crippen LogP contribution is 2.27. The fourth-order valence-corrected chi connectivity index (χ4v) is 3.40. The van der Waals surface area contributed by atoms with Crippen LogP contribution in [-0.2, 0) is 6.42 Å². The molecule has 2 nitrogen and oxygen atoms in total. The van der Waals surface area contributed by atoms with Crippen LogP contribution in [0.5, 0.6) is 0 Å². The van der Waals surface area contributed by atoms with E-state index in [1.165, 1.54) is 3.57 Å². The Morgan fingerprint density at radius 1 is 1.20 bits per heavy atom. The lowest BCUT2D eigenvalue weighted by molar-refractivity contribution is 0.909. The molecule has 0 amide bonds. The van der Waals surface area contributed by atoms with Crippen LogP contribution in [0.3, 0.4) is 0 Å². The second-order valence-electron chi connectivity index (χ2n) is 4.39. The van der Waals surface area contributed by atoms with Crippen LogP contribution < -0.4 is 0 Å². The summed E-state index contributed by atoms with van der Waals surface area (Å²) in [4.78, 5) is 4.73. The third-order valence-corrected chi connectivity index (χ3v) is 4.69. The van der Waals surface area contributed by atoms with Crippen molar-refractivity contribution >= 4 is 61.2 Å². The van der Waals surface area contributed by atoms with E-state index in [9.17, 15) is 0 Å². The summed E-state index contributed by atoms with van der Waals surface area (Å²) in [5.74, 6) is 1.56. The summed E-state index contributed by atoms with van der Waals surface area (Å²) >= 11 is 11.8. The zero-order valence-electron chi connectivity index (χ0n) is 10.5. The summed E-state index contributed by atoms with van der Waals surface area (Å²) in [6, 6.07) is 14.5. The van der Waals surface area contributed by atoms with E-state index in [0.717, 1.165) is 33.4 Å². The number of fused-ring (bicyclic) bond motifs is 1. The number of aromatic nitrogens is 2. The molecular weight excluding hydrogens is 450 g/mol. The van der Waals surface area contributed by atoms with Crippen molar-refractivity contribution in [3.05, 3.63) is 56.3 Å². The van der Waals surface area contributed by atoms with Crippen LogP contribution in [0, 0.1) is 3.57 Å². The van der Waals surface area contributed by atoms with Crippen molar-refractivity contribution < 1.29 is 0 Å². The maximum atomic E-state index is 5.93. The van der Waals surface area contributed by atoms with Crippen LogP contribution in [0.25, 0.3) is 16.7 Å². The molecule has 1 heterocycles. The van der Waals surface area contributed by atoms with Crippen LogP contribution in [-0.4, -0.2) is 15.4 Å². The van der Waals surface area contributed by atoms with Crippen molar-refractivity contribution in [3.63, 3.8) is 0 Å². The SMILES string of the molecule is ClCCc1nc2cc(Br)ccc2n1-c1ccccc1I. The van der Waals surface area contributed by atoms with Gasteiger partial charge >= 0.3 is 0 Å². The summed E-state index contributed by atoms with van der Waals surface area (Å²) in [5, 5.41) is 0. The van der Waals surface area contributed by atoms with E-state index in [2.05, 4.69) is 61.3 Å². The van der Waals surface area contributed by atoms with Crippen molar-refractivity contribution in [3.8, 4) is 5.69 Å². The number of para-hydroxylation sites is 1. The zero-order chi connectivity index (χ0) is 14.1. The predicted molar refractivity (Wildman–Crippen MR) is 95.9 cm³/mol. The summed E-state index contributed by atoms with van der Waals surface area (Å²) < 4.78 is 4.43. The number of hydrogen-bond acceptors (Lipinski definition) is 1. The Hall–Kier alpha value is -0.590. The fourth-order valence-electron chi connectivity index (χ4n) is 2.26. The van der Waals surface area contributed by atoms with Crippen LogP contribution in [0.4, 0.5) is 0 Å². The van der Waals surface area contributed by atoms with Gasteiger partial charge in [0.05, 0.1) is 16.7 Å². The van der Waals surface area contributed by atoms with Gasteiger partial charge in [0.2, 0.25) is 0 Å². The van der Waals surface area contributed by atoms with Crippen molar-refractivity contribution in [2.75, 3.05) is 5.88 Å². The molecule has 3 rings (SSSR count). The Balaban J connectivity index is 2.32. The van der Waals surface area contributed by atoms with E-state index in [4.69, 9.17) is 16.6 Å². The summed E-state index contributed by atoms with van der Waals surface area (Å²) in [6.45, 7) is 0. The van der Waals surface area contributed by atoms with Gasteiger partial charge in [-0.3, -0.25) is 4.57 Å². The van der Waals surface area contributed by atoms with Gasteiger partial charge in [-0.05, 0) is 52.9 Å². The number of imidazole rings is 1. The van der Waals surface area contributed by atoms with Crippen LogP contribution in [0.2, 0.25) is 0 Å². The molecule has 0 radical (unpaired) electrons. The smallest absolute Gasteiger partial charge is 0.115 e. The molecule has 0 aliphatic heterocycles. The molecule has 20 heavy (non-hydrogen) atoms. The number of hydrogen-bond donors (Lipinski definition) is 0. The van der Waals surface area contributed by atoms with Gasteiger partial charge < -0.3 is 0 Å². The monoisotopic (exact) mass is 460 g/mol. The number of nitrogens with zero attached hydrogens (tertiary/aromatic N) is 2. The fraction of sp³-hybridized carbons (Fsp3) is 0.133. The average Bonchev–Trinajstić information content (AvgIpc) is 2.77. The first-order valence-electron chi connectivity index (χ1n) is 6.18. The van der Waals surface area contributed by atoms with Gasteiger partial charge in [-0.2, -0.15) is 0 Å². The lowest BCUT2D eigenvalue weighted by Crippen LogP contribution is -2.03. The minimum atomic E-state index is 0.563. The first-order valence-corrected chi connectivity index (χ1v) is 8.59. The van der Waals surface area contributed by atoms with Gasteiger partial charge in [0.1, 0.15) is 5.82 Å². The topological polar surface area (TPSA) is 17.8 Å². The second kappa shape index (κ2) is 6.03. The van der Waals surface area contributed by atoms with Gasteiger partial charge in [0.15, 0.2) is 0 Å². The molecule has 0 bridgehead atoms. The van der Waals surface area contributed by atoms with E-state index < -0.39 is 0 Å². The molecular formula is C15H11BrClIN2. The van der Waals surface area contributed by atoms with Gasteiger partial charge in [-0.15, -0.1) is 11.6 Å². The highest BCUT2D eigenvalue weighted by molar-refractivity contribution is 14.1. The average molecular weight is 462 g/mol.